The molecule has 1 aliphatic rings. The van der Waals surface area contributed by atoms with Gasteiger partial charge in [0.15, 0.2) is 5.82 Å². The fraction of sp³-hybridized carbons (Fsp3) is 0.500. The van der Waals surface area contributed by atoms with E-state index in [1.165, 1.54) is 0 Å². The molecule has 4 heterocycles. The van der Waals surface area contributed by atoms with Crippen LogP contribution in [-0.4, -0.2) is 49.3 Å². The fourth-order valence-electron chi connectivity index (χ4n) is 5.15. The number of aryl methyl sites for hydroxylation is 2. The predicted octanol–water partition coefficient (Wildman–Crippen LogP) is 4.64. The maximum absolute atomic E-state index is 13.8. The molecule has 0 unspecified atom stereocenters. The Hall–Kier alpha value is -3.30. The van der Waals surface area contributed by atoms with Crippen molar-refractivity contribution in [2.24, 2.45) is 0 Å². The first kappa shape index (κ1) is 25.4. The Morgan fingerprint density at radius 3 is 2.76 bits per heavy atom. The van der Waals surface area contributed by atoms with E-state index in [0.717, 1.165) is 53.7 Å². The maximum atomic E-state index is 13.8. The highest BCUT2D eigenvalue weighted by Gasteiger charge is 2.36. The van der Waals surface area contributed by atoms with Crippen molar-refractivity contribution in [3.05, 3.63) is 75.2 Å². The molecule has 1 aliphatic heterocycles. The van der Waals surface area contributed by atoms with Gasteiger partial charge in [0.25, 0.3) is 5.56 Å². The zero-order valence-electron chi connectivity index (χ0n) is 22.3. The molecule has 9 nitrogen and oxygen atoms in total. The van der Waals surface area contributed by atoms with Crippen molar-refractivity contribution in [1.82, 2.24) is 30.1 Å². The van der Waals surface area contributed by atoms with Crippen LogP contribution in [0, 0.1) is 13.8 Å². The highest BCUT2D eigenvalue weighted by atomic mass is 16.5. The zero-order valence-corrected chi connectivity index (χ0v) is 22.3. The van der Waals surface area contributed by atoms with Crippen molar-refractivity contribution in [3.63, 3.8) is 0 Å². The summed E-state index contributed by atoms with van der Waals surface area (Å²) in [5.74, 6) is 1.44. The molecule has 0 spiro atoms. The van der Waals surface area contributed by atoms with Crippen LogP contribution in [0.1, 0.15) is 74.4 Å². The minimum atomic E-state index is -0.511. The normalized spacial score (nSPS) is 17.2. The van der Waals surface area contributed by atoms with Crippen LogP contribution in [0.15, 0.2) is 45.8 Å². The van der Waals surface area contributed by atoms with Gasteiger partial charge in [-0.15, -0.1) is 5.10 Å². The van der Waals surface area contributed by atoms with Gasteiger partial charge in [0.2, 0.25) is 0 Å². The Labute approximate surface area is 216 Å². The van der Waals surface area contributed by atoms with E-state index in [0.29, 0.717) is 24.5 Å². The highest BCUT2D eigenvalue weighted by molar-refractivity contribution is 5.85. The van der Waals surface area contributed by atoms with Gasteiger partial charge in [-0.25, -0.2) is 4.68 Å². The fourth-order valence-corrected chi connectivity index (χ4v) is 5.15. The van der Waals surface area contributed by atoms with Gasteiger partial charge in [-0.1, -0.05) is 19.1 Å². The van der Waals surface area contributed by atoms with Crippen LogP contribution in [0.5, 0.6) is 0 Å². The number of pyridine rings is 1. The number of fused-ring (bicyclic) bond motifs is 1. The minimum Gasteiger partial charge on any atom is -0.468 e. The van der Waals surface area contributed by atoms with E-state index in [9.17, 15) is 4.79 Å². The molecule has 1 saturated heterocycles. The Morgan fingerprint density at radius 2 is 2.05 bits per heavy atom. The monoisotopic (exact) mass is 504 g/mol. The molecule has 2 atom stereocenters. The Kier molecular flexibility index (Phi) is 7.00. The van der Waals surface area contributed by atoms with E-state index < -0.39 is 6.04 Å². The number of hydrogen-bond acceptors (Lipinski definition) is 7. The number of rotatable bonds is 9. The van der Waals surface area contributed by atoms with Crippen LogP contribution in [0.4, 0.5) is 0 Å². The second kappa shape index (κ2) is 10.2. The summed E-state index contributed by atoms with van der Waals surface area (Å²) in [7, 11) is 0. The largest absolute Gasteiger partial charge is 0.468 e. The van der Waals surface area contributed by atoms with Gasteiger partial charge in [0, 0.05) is 24.1 Å². The number of benzene rings is 1. The lowest BCUT2D eigenvalue weighted by Gasteiger charge is -2.34. The summed E-state index contributed by atoms with van der Waals surface area (Å²) >= 11 is 0. The molecule has 9 heteroatoms. The van der Waals surface area contributed by atoms with E-state index >= 15 is 0 Å². The van der Waals surface area contributed by atoms with Crippen LogP contribution in [0.25, 0.3) is 10.9 Å². The number of nitrogens with one attached hydrogen (secondary N) is 1. The van der Waals surface area contributed by atoms with Crippen molar-refractivity contribution >= 4 is 10.9 Å². The number of aromatic amines is 1. The molecular weight excluding hydrogens is 468 g/mol. The van der Waals surface area contributed by atoms with E-state index in [2.05, 4.69) is 59.2 Å². The standard InChI is InChI=1S/C28H36N6O3/c1-6-28(4,5)34-26(30-31-32-34)25(23-15-22-18(2)11-12-19(3)24(22)29-27(23)35)33(16-20-9-7-13-36-20)17-21-10-8-14-37-21/h7,9,11-13,15,21,25H,6,8,10,14,16-17H2,1-5H3,(H,29,35)/t21-,25+/m1/s1. The van der Waals surface area contributed by atoms with E-state index in [1.54, 1.807) is 6.26 Å². The molecule has 37 heavy (non-hydrogen) atoms. The lowest BCUT2D eigenvalue weighted by atomic mass is 9.97. The van der Waals surface area contributed by atoms with Crippen molar-refractivity contribution in [2.45, 2.75) is 78.1 Å². The number of furan rings is 1. The number of H-pyrrole nitrogens is 1. The number of tetrazole rings is 1. The van der Waals surface area contributed by atoms with Crippen LogP contribution < -0.4 is 5.56 Å². The van der Waals surface area contributed by atoms with Gasteiger partial charge >= 0.3 is 0 Å². The van der Waals surface area contributed by atoms with Crippen LogP contribution in [0.2, 0.25) is 0 Å². The Morgan fingerprint density at radius 1 is 1.24 bits per heavy atom. The SMILES string of the molecule is CCC(C)(C)n1nnnc1[C@H](c1cc2c(C)ccc(C)c2[nH]c1=O)N(Cc1ccco1)C[C@H]1CCCO1. The van der Waals surface area contributed by atoms with Crippen LogP contribution in [-0.2, 0) is 16.8 Å². The molecule has 5 rings (SSSR count). The quantitative estimate of drug-likeness (QED) is 0.354. The molecule has 4 aromatic rings. The molecule has 196 valence electrons. The van der Waals surface area contributed by atoms with E-state index in [1.807, 2.05) is 35.9 Å². The van der Waals surface area contributed by atoms with E-state index in [4.69, 9.17) is 9.15 Å². The Bertz CT molecular complexity index is 1420. The third-order valence-electron chi connectivity index (χ3n) is 7.71. The van der Waals surface area contributed by atoms with Gasteiger partial charge in [0.05, 0.1) is 30.0 Å². The molecule has 0 radical (unpaired) electrons. The van der Waals surface area contributed by atoms with Gasteiger partial charge in [0.1, 0.15) is 11.8 Å². The first-order valence-electron chi connectivity index (χ1n) is 13.1. The summed E-state index contributed by atoms with van der Waals surface area (Å²) in [6.07, 6.45) is 4.56. The number of nitrogens with zero attached hydrogens (tertiary/aromatic N) is 5. The Balaban J connectivity index is 1.73. The molecule has 1 fully saturated rings. The predicted molar refractivity (Wildman–Crippen MR) is 141 cm³/mol. The lowest BCUT2D eigenvalue weighted by molar-refractivity contribution is 0.0534. The number of hydrogen-bond donors (Lipinski definition) is 1. The second-order valence-corrected chi connectivity index (χ2v) is 10.7. The minimum absolute atomic E-state index is 0.0597. The first-order valence-corrected chi connectivity index (χ1v) is 13.1. The smallest absolute Gasteiger partial charge is 0.253 e. The summed E-state index contributed by atoms with van der Waals surface area (Å²) in [6, 6.07) is 9.47. The molecule has 0 amide bonds. The highest BCUT2D eigenvalue weighted by Crippen LogP contribution is 2.33. The van der Waals surface area contributed by atoms with Gasteiger partial charge in [-0.05, 0) is 86.7 Å². The first-order chi connectivity index (χ1) is 17.8. The lowest BCUT2D eigenvalue weighted by Crippen LogP contribution is -2.41. The third kappa shape index (κ3) is 4.98. The molecule has 1 N–H and O–H groups in total. The van der Waals surface area contributed by atoms with Gasteiger partial charge < -0.3 is 14.1 Å². The van der Waals surface area contributed by atoms with E-state index in [-0.39, 0.29) is 17.2 Å². The average Bonchev–Trinajstić information content (AvgIpc) is 3.66. The zero-order chi connectivity index (χ0) is 26.2. The third-order valence-corrected chi connectivity index (χ3v) is 7.71. The average molecular weight is 505 g/mol. The van der Waals surface area contributed by atoms with Crippen molar-refractivity contribution in [2.75, 3.05) is 13.2 Å². The van der Waals surface area contributed by atoms with Gasteiger partial charge in [-0.2, -0.15) is 0 Å². The molecular formula is C28H36N6O3. The maximum Gasteiger partial charge on any atom is 0.253 e. The number of aromatic nitrogens is 5. The van der Waals surface area contributed by atoms with Crippen LogP contribution >= 0.6 is 0 Å². The van der Waals surface area contributed by atoms with Crippen molar-refractivity contribution in [1.29, 1.82) is 0 Å². The molecule has 0 bridgehead atoms. The summed E-state index contributed by atoms with van der Waals surface area (Å²) < 4.78 is 13.7. The summed E-state index contributed by atoms with van der Waals surface area (Å²) in [5, 5.41) is 14.0. The van der Waals surface area contributed by atoms with Crippen molar-refractivity contribution in [3.8, 4) is 0 Å². The molecule has 1 aromatic carbocycles. The second-order valence-electron chi connectivity index (χ2n) is 10.7. The summed E-state index contributed by atoms with van der Waals surface area (Å²) in [4.78, 5) is 19.2. The van der Waals surface area contributed by atoms with Gasteiger partial charge in [-0.3, -0.25) is 9.69 Å². The number of ether oxygens (including phenoxy) is 1. The van der Waals surface area contributed by atoms with Crippen LogP contribution in [0.3, 0.4) is 0 Å². The molecule has 3 aromatic heterocycles. The molecule has 0 saturated carbocycles. The molecule has 0 aliphatic carbocycles. The summed E-state index contributed by atoms with van der Waals surface area (Å²) in [5.41, 5.74) is 3.11. The summed E-state index contributed by atoms with van der Waals surface area (Å²) in [6.45, 7) is 12.3. The van der Waals surface area contributed by atoms with Crippen molar-refractivity contribution < 1.29 is 9.15 Å². The topological polar surface area (TPSA) is 102 Å².